The first-order chi connectivity index (χ1) is 20.7. The fourth-order valence-corrected chi connectivity index (χ4v) is 10.7. The van der Waals surface area contributed by atoms with Crippen LogP contribution in [0, 0.1) is 116 Å². The number of hydrogen-bond acceptors (Lipinski definition) is 0. The van der Waals surface area contributed by atoms with Gasteiger partial charge in [0.15, 0.2) is 69.8 Å². The van der Waals surface area contributed by atoms with E-state index >= 15 is 35.1 Å². The molecule has 4 aromatic carbocycles. The first kappa shape index (κ1) is 37.1. The van der Waals surface area contributed by atoms with Crippen LogP contribution in [0.2, 0.25) is 0 Å². The monoisotopic (exact) mass is 702 g/mol. The molecular formula is C24AlF20Li. The fraction of sp³-hybridized carbons (Fsp3) is 0. The van der Waals surface area contributed by atoms with Crippen LogP contribution in [0.1, 0.15) is 0 Å². The predicted octanol–water partition coefficient (Wildman–Crippen LogP) is 2.85. The third kappa shape index (κ3) is 4.69. The molecule has 0 aromatic heterocycles. The second-order valence-corrected chi connectivity index (χ2v) is 12.8. The van der Waals surface area contributed by atoms with Gasteiger partial charge in [-0.3, -0.25) is 0 Å². The molecule has 0 atom stereocenters. The molecule has 0 spiro atoms. The molecule has 4 aromatic rings. The Kier molecular flexibility index (Phi) is 9.93. The summed E-state index contributed by atoms with van der Waals surface area (Å²) in [6.07, 6.45) is 0. The van der Waals surface area contributed by atoms with E-state index in [1.807, 2.05) is 0 Å². The van der Waals surface area contributed by atoms with Gasteiger partial charge in [0, 0.05) is 0 Å². The third-order valence-electron chi connectivity index (χ3n) is 6.71. The van der Waals surface area contributed by atoms with Gasteiger partial charge in [0.1, 0.15) is 46.5 Å². The van der Waals surface area contributed by atoms with Crippen LogP contribution < -0.4 is 36.6 Å². The summed E-state index contributed by atoms with van der Waals surface area (Å²) in [5.74, 6) is -70.8. The van der Waals surface area contributed by atoms with Gasteiger partial charge in [0.25, 0.3) is 0 Å². The molecule has 0 aliphatic carbocycles. The zero-order chi connectivity index (χ0) is 34.4. The van der Waals surface area contributed by atoms with Gasteiger partial charge in [-0.2, -0.15) is 0 Å². The number of hydrogen-bond donors (Lipinski definition) is 0. The van der Waals surface area contributed by atoms with Crippen LogP contribution in [0.25, 0.3) is 0 Å². The molecule has 22 heteroatoms. The summed E-state index contributed by atoms with van der Waals surface area (Å²) in [6.45, 7) is 0. The molecule has 0 N–H and O–H groups in total. The van der Waals surface area contributed by atoms with Gasteiger partial charge < -0.3 is 0 Å². The minimum Gasteiger partial charge on any atom is -0.208 e. The van der Waals surface area contributed by atoms with E-state index in [0.717, 1.165) is 0 Å². The van der Waals surface area contributed by atoms with Gasteiger partial charge >= 0.3 is 31.9 Å². The fourth-order valence-electron chi connectivity index (χ4n) is 4.87. The second-order valence-electron chi connectivity index (χ2n) is 8.80. The van der Waals surface area contributed by atoms with Crippen LogP contribution in [0.3, 0.4) is 0 Å². The van der Waals surface area contributed by atoms with Crippen molar-refractivity contribution >= 4 is 30.8 Å². The van der Waals surface area contributed by atoms with E-state index in [9.17, 15) is 52.7 Å². The minimum absolute atomic E-state index is 0. The normalized spacial score (nSPS) is 11.7. The first-order valence-electron chi connectivity index (χ1n) is 10.9. The Morgan fingerprint density at radius 3 is 0.370 bits per heavy atom. The summed E-state index contributed by atoms with van der Waals surface area (Å²) >= 11 is -9.08. The van der Waals surface area contributed by atoms with Gasteiger partial charge in [-0.15, -0.1) is 17.7 Å². The Labute approximate surface area is 253 Å². The van der Waals surface area contributed by atoms with Crippen molar-refractivity contribution in [3.8, 4) is 0 Å². The largest absolute Gasteiger partial charge is 1.00 e. The van der Waals surface area contributed by atoms with E-state index in [4.69, 9.17) is 0 Å². The Hall–Kier alpha value is -3.39. The van der Waals surface area contributed by atoms with Gasteiger partial charge in [-0.05, 0) is 0 Å². The van der Waals surface area contributed by atoms with Crippen molar-refractivity contribution in [3.63, 3.8) is 0 Å². The maximum atomic E-state index is 15.4. The minimum atomic E-state index is -9.08. The molecule has 4 rings (SSSR count). The molecule has 0 amide bonds. The summed E-state index contributed by atoms with van der Waals surface area (Å²) in [5, 5.41) is 0. The number of benzene rings is 4. The quantitative estimate of drug-likeness (QED) is 0.133. The molecule has 0 radical (unpaired) electrons. The van der Waals surface area contributed by atoms with Crippen LogP contribution in [0.15, 0.2) is 0 Å². The van der Waals surface area contributed by atoms with E-state index in [-0.39, 0.29) is 18.9 Å². The molecule has 46 heavy (non-hydrogen) atoms. The molecule has 0 fully saturated rings. The van der Waals surface area contributed by atoms with E-state index < -0.39 is 147 Å². The SMILES string of the molecule is Fc1c(F)c(F)[c]([Al-]([c]2c(F)c(F)c(F)c(F)c2F)([c]2c(F)c(F)c(F)c(F)c2F)[c]2c(F)c(F)c(F)c(F)c2F)c(F)c1F.[Li+]. The standard InChI is InChI=1S/4C6F5.Al.Li/c4*7-2-1-3(8)5(10)6(11)4(2)9;;/q;;;;-1;+1. The van der Waals surface area contributed by atoms with Crippen LogP contribution in [0.4, 0.5) is 87.8 Å². The van der Waals surface area contributed by atoms with Crippen molar-refractivity contribution in [2.75, 3.05) is 0 Å². The zero-order valence-corrected chi connectivity index (χ0v) is 22.3. The van der Waals surface area contributed by atoms with Gasteiger partial charge in [-0.25, -0.2) is 87.8 Å². The predicted molar refractivity (Wildman–Crippen MR) is 109 cm³/mol. The maximum Gasteiger partial charge on any atom is 1.00 e. The molecular weight excluding hydrogens is 702 g/mol. The van der Waals surface area contributed by atoms with E-state index in [0.29, 0.717) is 0 Å². The van der Waals surface area contributed by atoms with Crippen LogP contribution in [-0.4, -0.2) is 13.1 Å². The molecule has 0 aliphatic heterocycles. The topological polar surface area (TPSA) is 0 Å². The van der Waals surface area contributed by atoms with Crippen molar-refractivity contribution in [2.45, 2.75) is 0 Å². The van der Waals surface area contributed by atoms with Gasteiger partial charge in [-0.1, -0.05) is 0 Å². The molecule has 0 saturated heterocycles. The van der Waals surface area contributed by atoms with E-state index in [1.165, 1.54) is 0 Å². The molecule has 0 bridgehead atoms. The third-order valence-corrected chi connectivity index (χ3v) is 12.2. The smallest absolute Gasteiger partial charge is 0.208 e. The molecule has 0 saturated carbocycles. The molecule has 0 aliphatic rings. The Bertz CT molecular complexity index is 1580. The summed E-state index contributed by atoms with van der Waals surface area (Å²) in [5.41, 5.74) is 0. The average Bonchev–Trinajstić information content (AvgIpc) is 3.00. The second kappa shape index (κ2) is 12.3. The van der Waals surface area contributed by atoms with Gasteiger partial charge in [0.2, 0.25) is 0 Å². The Morgan fingerprint density at radius 1 is 0.174 bits per heavy atom. The molecule has 240 valence electrons. The summed E-state index contributed by atoms with van der Waals surface area (Å²) in [7, 11) is 0. The van der Waals surface area contributed by atoms with Crippen molar-refractivity contribution in [2.24, 2.45) is 0 Å². The summed E-state index contributed by atoms with van der Waals surface area (Å²) in [6, 6.07) is 0. The van der Waals surface area contributed by atoms with Crippen molar-refractivity contribution in [3.05, 3.63) is 116 Å². The van der Waals surface area contributed by atoms with E-state index in [2.05, 4.69) is 0 Å². The maximum absolute atomic E-state index is 15.4. The van der Waals surface area contributed by atoms with Crippen molar-refractivity contribution < 1.29 is 107 Å². The average molecular weight is 702 g/mol. The first-order valence-corrected chi connectivity index (χ1v) is 13.2. The molecule has 0 unspecified atom stereocenters. The summed E-state index contributed by atoms with van der Waals surface area (Å²) in [4.78, 5) is 0. The zero-order valence-electron chi connectivity index (χ0n) is 21.1. The van der Waals surface area contributed by atoms with Gasteiger partial charge in [0.05, 0.1) is 0 Å². The Morgan fingerprint density at radius 2 is 0.261 bits per heavy atom. The van der Waals surface area contributed by atoms with Crippen LogP contribution in [-0.2, 0) is 0 Å². The van der Waals surface area contributed by atoms with Crippen LogP contribution >= 0.6 is 0 Å². The van der Waals surface area contributed by atoms with Crippen LogP contribution in [0.5, 0.6) is 0 Å². The Balaban J connectivity index is 0.00000576. The molecule has 0 heterocycles. The van der Waals surface area contributed by atoms with Crippen molar-refractivity contribution in [1.29, 1.82) is 0 Å². The van der Waals surface area contributed by atoms with Crippen molar-refractivity contribution in [1.82, 2.24) is 0 Å². The number of rotatable bonds is 4. The summed E-state index contributed by atoms with van der Waals surface area (Å²) < 4.78 is 280. The molecule has 0 nitrogen and oxygen atoms in total. The van der Waals surface area contributed by atoms with E-state index in [1.54, 1.807) is 0 Å². The number of halogens is 20.